The van der Waals surface area contributed by atoms with Crippen molar-refractivity contribution in [2.75, 3.05) is 33.0 Å². The molecule has 2 aliphatic heterocycles. The summed E-state index contributed by atoms with van der Waals surface area (Å²) in [6.07, 6.45) is 0. The number of likely N-dealkylation sites (N-methyl/N-ethyl adjacent to an activating group) is 1. The predicted octanol–water partition coefficient (Wildman–Crippen LogP) is 4.19. The summed E-state index contributed by atoms with van der Waals surface area (Å²) < 4.78 is 73.3. The number of hydrogen-bond donors (Lipinski definition) is 0. The van der Waals surface area contributed by atoms with E-state index in [0.717, 1.165) is 7.05 Å². The first-order valence-corrected chi connectivity index (χ1v) is 7.30. The van der Waals surface area contributed by atoms with E-state index >= 15 is 0 Å². The summed E-state index contributed by atoms with van der Waals surface area (Å²) in [5.41, 5.74) is 0.351. The molecule has 2 aromatic rings. The van der Waals surface area contributed by atoms with Crippen molar-refractivity contribution in [3.05, 3.63) is 53.1 Å². The number of rotatable bonds is 0. The maximum atomic E-state index is 8.55. The first kappa shape index (κ1) is 9.66. The van der Waals surface area contributed by atoms with Gasteiger partial charge in [0.1, 0.15) is 17.3 Å². The van der Waals surface area contributed by atoms with E-state index in [1.807, 2.05) is 0 Å². The number of para-hydroxylation sites is 2. The molecule has 0 unspecified atom stereocenters. The van der Waals surface area contributed by atoms with Crippen molar-refractivity contribution in [1.29, 1.82) is 0 Å². The van der Waals surface area contributed by atoms with Gasteiger partial charge in [0.15, 0.2) is 5.75 Å². The first-order valence-electron chi connectivity index (χ1n) is 10.9. The second-order valence-corrected chi connectivity index (χ2v) is 5.42. The lowest BCUT2D eigenvalue weighted by Gasteiger charge is -2.34. The smallest absolute Gasteiger partial charge is 0.153 e. The van der Waals surface area contributed by atoms with E-state index in [2.05, 4.69) is 4.99 Å². The second-order valence-electron chi connectivity index (χ2n) is 4.99. The van der Waals surface area contributed by atoms with Gasteiger partial charge in [-0.2, -0.15) is 0 Å². The summed E-state index contributed by atoms with van der Waals surface area (Å²) in [7, 11) is 1.01. The van der Waals surface area contributed by atoms with E-state index < -0.39 is 26.0 Å². The van der Waals surface area contributed by atoms with Gasteiger partial charge in [0.2, 0.25) is 0 Å². The molecule has 1 saturated heterocycles. The van der Waals surface area contributed by atoms with Crippen LogP contribution in [-0.4, -0.2) is 48.7 Å². The summed E-state index contributed by atoms with van der Waals surface area (Å²) in [5.74, 6) is 0.181. The highest BCUT2D eigenvalue weighted by atomic mass is 35.5. The van der Waals surface area contributed by atoms with Crippen LogP contribution in [0.2, 0.25) is 5.02 Å². The van der Waals surface area contributed by atoms with E-state index in [-0.39, 0.29) is 40.3 Å². The van der Waals surface area contributed by atoms with Gasteiger partial charge >= 0.3 is 0 Å². The van der Waals surface area contributed by atoms with Gasteiger partial charge in [-0.3, -0.25) is 0 Å². The molecule has 0 aliphatic carbocycles. The third kappa shape index (κ3) is 3.22. The van der Waals surface area contributed by atoms with Crippen LogP contribution in [0.4, 0.5) is 5.69 Å². The number of aliphatic imine (C=N–C) groups is 1. The molecule has 0 atom stereocenters. The van der Waals surface area contributed by atoms with Gasteiger partial charge in [-0.1, -0.05) is 23.7 Å². The summed E-state index contributed by atoms with van der Waals surface area (Å²) in [6.45, 7) is -11.9. The van der Waals surface area contributed by atoms with Crippen LogP contribution >= 0.6 is 24.0 Å². The predicted molar refractivity (Wildman–Crippen MR) is 100 cm³/mol. The minimum atomic E-state index is -3.03. The summed E-state index contributed by atoms with van der Waals surface area (Å²) >= 11 is 6.15. The molecule has 1 fully saturated rings. The molecule has 126 valence electrons. The molecule has 2 heterocycles. The van der Waals surface area contributed by atoms with Gasteiger partial charge in [0, 0.05) is 36.5 Å². The first-order chi connectivity index (χ1) is 14.2. The minimum absolute atomic E-state index is 0. The van der Waals surface area contributed by atoms with Crippen LogP contribution in [0.25, 0.3) is 0 Å². The Kier molecular flexibility index (Phi) is 2.82. The Morgan fingerprint density at radius 3 is 2.62 bits per heavy atom. The Morgan fingerprint density at radius 2 is 1.83 bits per heavy atom. The highest BCUT2D eigenvalue weighted by Gasteiger charge is 2.25. The van der Waals surface area contributed by atoms with Crippen LogP contribution in [0.5, 0.6) is 11.5 Å². The van der Waals surface area contributed by atoms with Gasteiger partial charge in [-0.25, -0.2) is 4.99 Å². The summed E-state index contributed by atoms with van der Waals surface area (Å²) in [5, 5.41) is 0.238. The average Bonchev–Trinajstić information content (AvgIpc) is 2.82. The van der Waals surface area contributed by atoms with Crippen molar-refractivity contribution in [3.63, 3.8) is 0 Å². The number of amidine groups is 1. The van der Waals surface area contributed by atoms with E-state index in [1.54, 1.807) is 24.3 Å². The van der Waals surface area contributed by atoms with Crippen LogP contribution in [0.1, 0.15) is 16.5 Å². The number of hydrogen-bond acceptors (Lipinski definition) is 4. The molecule has 0 radical (unpaired) electrons. The Morgan fingerprint density at radius 1 is 1.08 bits per heavy atom. The number of ether oxygens (including phenoxy) is 1. The number of halogens is 2. The van der Waals surface area contributed by atoms with Gasteiger partial charge in [0.05, 0.1) is 11.0 Å². The second kappa shape index (κ2) is 7.01. The molecule has 0 bridgehead atoms. The van der Waals surface area contributed by atoms with Crippen molar-refractivity contribution in [2.45, 2.75) is 0 Å². The zero-order chi connectivity index (χ0) is 23.0. The van der Waals surface area contributed by atoms with Crippen LogP contribution < -0.4 is 4.74 Å². The van der Waals surface area contributed by atoms with Crippen LogP contribution in [0.3, 0.4) is 0 Å². The molecule has 0 aromatic heterocycles. The van der Waals surface area contributed by atoms with Crippen molar-refractivity contribution in [3.8, 4) is 11.5 Å². The average molecular weight is 372 g/mol. The summed E-state index contributed by atoms with van der Waals surface area (Å²) in [4.78, 5) is 5.26. The largest absolute Gasteiger partial charge is 0.454 e. The lowest BCUT2D eigenvalue weighted by atomic mass is 10.1. The quantitative estimate of drug-likeness (QED) is 0.694. The van der Waals surface area contributed by atoms with Gasteiger partial charge < -0.3 is 14.5 Å². The molecular formula is C18H19Cl2N3O. The topological polar surface area (TPSA) is 28.1 Å². The number of benzene rings is 2. The van der Waals surface area contributed by atoms with Crippen molar-refractivity contribution < 1.29 is 15.7 Å². The van der Waals surface area contributed by atoms with Crippen LogP contribution in [0, 0.1) is 0 Å². The van der Waals surface area contributed by atoms with E-state index in [9.17, 15) is 0 Å². The maximum Gasteiger partial charge on any atom is 0.153 e. The number of fused-ring (bicyclic) bond motifs is 2. The standard InChI is InChI=1S/C18H18ClN3O.ClH/c1-21-8-10-22(11-9-21)18-14-12-13(19)6-7-16(14)23-17-5-3-2-4-15(17)20-18;/h2-7,12H,8-11H2,1H3;1H/i8D2,9D2,10D2,11D2;. The molecule has 2 aromatic carbocycles. The Balaban J connectivity index is 0.00000289. The normalized spacial score (nSPS) is 30.2. The molecule has 24 heavy (non-hydrogen) atoms. The molecule has 0 N–H and O–H groups in total. The Bertz CT molecular complexity index is 1070. The fraction of sp³-hybridized carbons (Fsp3) is 0.278. The van der Waals surface area contributed by atoms with E-state index in [0.29, 0.717) is 15.5 Å². The van der Waals surface area contributed by atoms with E-state index in [4.69, 9.17) is 27.3 Å². The molecule has 2 aliphatic rings. The molecule has 0 saturated carbocycles. The van der Waals surface area contributed by atoms with Crippen LogP contribution in [-0.2, 0) is 0 Å². The zero-order valence-corrected chi connectivity index (χ0v) is 14.1. The van der Waals surface area contributed by atoms with Crippen molar-refractivity contribution in [2.24, 2.45) is 4.99 Å². The summed E-state index contributed by atoms with van der Waals surface area (Å²) in [6, 6.07) is 11.0. The lowest BCUT2D eigenvalue weighted by molar-refractivity contribution is 0.215. The fourth-order valence-electron chi connectivity index (χ4n) is 2.28. The maximum absolute atomic E-state index is 8.55. The monoisotopic (exact) mass is 371 g/mol. The third-order valence-electron chi connectivity index (χ3n) is 3.36. The highest BCUT2D eigenvalue weighted by Crippen LogP contribution is 2.38. The van der Waals surface area contributed by atoms with E-state index in [1.165, 1.54) is 18.2 Å². The molecule has 0 spiro atoms. The number of nitrogens with zero attached hydrogens (tertiary/aromatic N) is 3. The number of piperazine rings is 1. The molecule has 0 amide bonds. The van der Waals surface area contributed by atoms with Crippen LogP contribution in [0.15, 0.2) is 47.5 Å². The molecular weight excluding hydrogens is 345 g/mol. The van der Waals surface area contributed by atoms with Crippen molar-refractivity contribution >= 4 is 35.5 Å². The van der Waals surface area contributed by atoms with Gasteiger partial charge in [-0.15, -0.1) is 12.4 Å². The third-order valence-corrected chi connectivity index (χ3v) is 3.60. The fourth-order valence-corrected chi connectivity index (χ4v) is 2.45. The Labute approximate surface area is 164 Å². The molecule has 4 nitrogen and oxygen atoms in total. The lowest BCUT2D eigenvalue weighted by Crippen LogP contribution is -2.47. The molecule has 4 rings (SSSR count). The SMILES string of the molecule is Cl.[2H]C1([2H])N(C)C([2H])([2H])C([2H])([2H])N(C2=Nc3ccccc3Oc3ccc(Cl)cc32)C1([2H])[2H]. The zero-order valence-electron chi connectivity index (χ0n) is 20.6. The van der Waals surface area contributed by atoms with Gasteiger partial charge in [0.25, 0.3) is 0 Å². The molecule has 6 heteroatoms. The minimum Gasteiger partial charge on any atom is -0.454 e. The van der Waals surface area contributed by atoms with Gasteiger partial charge in [-0.05, 0) is 37.4 Å². The highest BCUT2D eigenvalue weighted by molar-refractivity contribution is 6.31. The Hall–Kier alpha value is -1.75. The van der Waals surface area contributed by atoms with Crippen molar-refractivity contribution in [1.82, 2.24) is 9.80 Å².